The maximum absolute atomic E-state index is 14.3. The molecule has 1 aliphatic carbocycles. The molecule has 0 aliphatic heterocycles. The van der Waals surface area contributed by atoms with Crippen molar-refractivity contribution in [2.45, 2.75) is 37.5 Å². The van der Waals surface area contributed by atoms with E-state index in [0.29, 0.717) is 18.4 Å². The van der Waals surface area contributed by atoms with Crippen molar-refractivity contribution >= 4 is 39.8 Å². The van der Waals surface area contributed by atoms with Gasteiger partial charge in [-0.3, -0.25) is 4.79 Å². The molecule has 1 amide bonds. The lowest BCUT2D eigenvalue weighted by molar-refractivity contribution is -0.203. The molecule has 0 saturated carbocycles. The van der Waals surface area contributed by atoms with E-state index in [0.717, 1.165) is 36.2 Å². The Bertz CT molecular complexity index is 1050. The molecule has 1 aliphatic rings. The molecule has 3 rings (SSSR count). The van der Waals surface area contributed by atoms with Gasteiger partial charge in [-0.1, -0.05) is 11.6 Å². The standard InChI is InChI=1S/C20H17ClF3N3O3S/c1-30-18(29)19(20(22,23)24,26-16(28)11-6-8-12(21)9-7-11)27-17-14(10-25)13-4-2-3-5-15(13)31-17/h6-9,27H,2-5H2,1H3,(H,26,28)/t19-/m0/s1. The van der Waals surface area contributed by atoms with Gasteiger partial charge in [-0.25, -0.2) is 4.79 Å². The number of amides is 1. The Morgan fingerprint density at radius 2 is 1.84 bits per heavy atom. The zero-order valence-corrected chi connectivity index (χ0v) is 17.8. The van der Waals surface area contributed by atoms with Crippen LogP contribution in [0.3, 0.4) is 0 Å². The van der Waals surface area contributed by atoms with E-state index in [1.807, 2.05) is 6.07 Å². The Morgan fingerprint density at radius 3 is 2.42 bits per heavy atom. The monoisotopic (exact) mass is 471 g/mol. The topological polar surface area (TPSA) is 91.2 Å². The number of esters is 1. The predicted molar refractivity (Wildman–Crippen MR) is 109 cm³/mol. The molecule has 31 heavy (non-hydrogen) atoms. The second-order valence-electron chi connectivity index (χ2n) is 6.85. The Kier molecular flexibility index (Phi) is 6.48. The second kappa shape index (κ2) is 8.77. The smallest absolute Gasteiger partial charge is 0.441 e. The van der Waals surface area contributed by atoms with Crippen LogP contribution in [0.5, 0.6) is 0 Å². The molecule has 0 saturated heterocycles. The summed E-state index contributed by atoms with van der Waals surface area (Å²) in [5.74, 6) is -2.94. The molecule has 0 unspecified atom stereocenters. The van der Waals surface area contributed by atoms with Gasteiger partial charge in [0.1, 0.15) is 11.1 Å². The number of carbonyl (C=O) groups is 2. The molecule has 11 heteroatoms. The van der Waals surface area contributed by atoms with Crippen LogP contribution in [0.4, 0.5) is 18.2 Å². The molecule has 0 spiro atoms. The minimum absolute atomic E-state index is 0.0398. The fraction of sp³-hybridized carbons (Fsp3) is 0.350. The van der Waals surface area contributed by atoms with Crippen LogP contribution in [-0.2, 0) is 22.4 Å². The van der Waals surface area contributed by atoms with E-state index in [9.17, 15) is 28.0 Å². The van der Waals surface area contributed by atoms with Gasteiger partial charge in [-0.15, -0.1) is 11.3 Å². The van der Waals surface area contributed by atoms with E-state index in [-0.39, 0.29) is 21.2 Å². The van der Waals surface area contributed by atoms with Crippen molar-refractivity contribution in [1.82, 2.24) is 5.32 Å². The third kappa shape index (κ3) is 4.34. The lowest BCUT2D eigenvalue weighted by Crippen LogP contribution is -2.69. The number of ether oxygens (including phenoxy) is 1. The number of benzene rings is 1. The Labute approximate surface area is 185 Å². The summed E-state index contributed by atoms with van der Waals surface area (Å²) in [6.07, 6.45) is -2.44. The zero-order chi connectivity index (χ0) is 22.8. The number of fused-ring (bicyclic) bond motifs is 1. The van der Waals surface area contributed by atoms with E-state index >= 15 is 0 Å². The largest absolute Gasteiger partial charge is 0.466 e. The van der Waals surface area contributed by atoms with Gasteiger partial charge in [0, 0.05) is 15.5 Å². The fourth-order valence-electron chi connectivity index (χ4n) is 3.33. The summed E-state index contributed by atoms with van der Waals surface area (Å²) < 4.78 is 47.3. The van der Waals surface area contributed by atoms with Crippen LogP contribution in [0.1, 0.15) is 39.2 Å². The van der Waals surface area contributed by atoms with Crippen LogP contribution >= 0.6 is 22.9 Å². The zero-order valence-electron chi connectivity index (χ0n) is 16.2. The van der Waals surface area contributed by atoms with Gasteiger partial charge in [0.05, 0.1) is 12.7 Å². The number of halogens is 4. The van der Waals surface area contributed by atoms with Crippen LogP contribution < -0.4 is 10.6 Å². The van der Waals surface area contributed by atoms with E-state index < -0.39 is 23.7 Å². The van der Waals surface area contributed by atoms with E-state index in [2.05, 4.69) is 10.1 Å². The van der Waals surface area contributed by atoms with Gasteiger partial charge in [-0.2, -0.15) is 18.4 Å². The lowest BCUT2D eigenvalue weighted by atomic mass is 9.96. The van der Waals surface area contributed by atoms with Gasteiger partial charge < -0.3 is 15.4 Å². The lowest BCUT2D eigenvalue weighted by Gasteiger charge is -2.34. The Hall–Kier alpha value is -2.77. The number of nitriles is 1. The number of hydrogen-bond acceptors (Lipinski definition) is 6. The second-order valence-corrected chi connectivity index (χ2v) is 8.39. The first-order valence-corrected chi connectivity index (χ1v) is 10.4. The maximum atomic E-state index is 14.3. The molecular weight excluding hydrogens is 455 g/mol. The van der Waals surface area contributed by atoms with Crippen LogP contribution in [0.25, 0.3) is 0 Å². The number of thiophene rings is 1. The van der Waals surface area contributed by atoms with Gasteiger partial charge in [0.2, 0.25) is 0 Å². The van der Waals surface area contributed by atoms with Crippen LogP contribution in [-0.4, -0.2) is 30.8 Å². The van der Waals surface area contributed by atoms with Crippen LogP contribution in [0.2, 0.25) is 5.02 Å². The van der Waals surface area contributed by atoms with E-state index in [1.165, 1.54) is 24.3 Å². The first-order valence-electron chi connectivity index (χ1n) is 9.19. The number of anilines is 1. The molecule has 164 valence electrons. The summed E-state index contributed by atoms with van der Waals surface area (Å²) in [5.41, 5.74) is -3.03. The van der Waals surface area contributed by atoms with E-state index in [1.54, 1.807) is 5.32 Å². The molecule has 1 heterocycles. The maximum Gasteiger partial charge on any atom is 0.441 e. The van der Waals surface area contributed by atoms with E-state index in [4.69, 9.17) is 11.6 Å². The molecule has 0 fully saturated rings. The molecular formula is C20H17ClF3N3O3S. The molecule has 0 bridgehead atoms. The van der Waals surface area contributed by atoms with Gasteiger partial charge in [-0.05, 0) is 55.5 Å². The Morgan fingerprint density at radius 1 is 1.19 bits per heavy atom. The molecule has 1 aromatic heterocycles. The number of carbonyl (C=O) groups excluding carboxylic acids is 2. The van der Waals surface area contributed by atoms with Crippen molar-refractivity contribution in [2.75, 3.05) is 12.4 Å². The normalized spacial score (nSPS) is 15.2. The SMILES string of the molecule is COC(=O)[C@](NC(=O)c1ccc(Cl)cc1)(Nc1sc2c(c1C#N)CCCC2)C(F)(F)F. The Balaban J connectivity index is 2.08. The number of hydrogen-bond donors (Lipinski definition) is 2. The first kappa shape index (κ1) is 22.9. The highest BCUT2D eigenvalue weighted by molar-refractivity contribution is 7.16. The van der Waals surface area contributed by atoms with Crippen LogP contribution in [0.15, 0.2) is 24.3 Å². The molecule has 2 aromatic rings. The summed E-state index contributed by atoms with van der Waals surface area (Å²) in [6, 6.07) is 7.04. The highest BCUT2D eigenvalue weighted by atomic mass is 35.5. The van der Waals surface area contributed by atoms with Gasteiger partial charge >= 0.3 is 17.8 Å². The molecule has 1 atom stereocenters. The fourth-order valence-corrected chi connectivity index (χ4v) is 4.75. The highest BCUT2D eigenvalue weighted by Crippen LogP contribution is 2.41. The number of alkyl halides is 3. The van der Waals surface area contributed by atoms with Crippen molar-refractivity contribution in [3.05, 3.63) is 50.9 Å². The van der Waals surface area contributed by atoms with Crippen LogP contribution in [0, 0.1) is 11.3 Å². The number of methoxy groups -OCH3 is 1. The minimum atomic E-state index is -5.29. The summed E-state index contributed by atoms with van der Waals surface area (Å²) in [7, 11) is 0.781. The quantitative estimate of drug-likeness (QED) is 0.497. The van der Waals surface area contributed by atoms with Crippen molar-refractivity contribution in [3.8, 4) is 6.07 Å². The van der Waals surface area contributed by atoms with Crippen molar-refractivity contribution in [3.63, 3.8) is 0 Å². The summed E-state index contributed by atoms with van der Waals surface area (Å²) in [6.45, 7) is 0. The van der Waals surface area contributed by atoms with Crippen molar-refractivity contribution < 1.29 is 27.5 Å². The third-order valence-electron chi connectivity index (χ3n) is 4.91. The average Bonchev–Trinajstić information content (AvgIpc) is 3.08. The molecule has 0 radical (unpaired) electrons. The molecule has 1 aromatic carbocycles. The summed E-state index contributed by atoms with van der Waals surface area (Å²) in [4.78, 5) is 25.8. The highest BCUT2D eigenvalue weighted by Gasteiger charge is 2.64. The first-order chi connectivity index (χ1) is 14.6. The molecule has 2 N–H and O–H groups in total. The molecule has 6 nitrogen and oxygen atoms in total. The third-order valence-corrected chi connectivity index (χ3v) is 6.37. The number of nitrogens with zero attached hydrogens (tertiary/aromatic N) is 1. The van der Waals surface area contributed by atoms with Gasteiger partial charge in [0.15, 0.2) is 0 Å². The predicted octanol–water partition coefficient (Wildman–Crippen LogP) is 4.43. The van der Waals surface area contributed by atoms with Gasteiger partial charge in [0.25, 0.3) is 5.91 Å². The number of rotatable bonds is 5. The van der Waals surface area contributed by atoms with Crippen molar-refractivity contribution in [2.24, 2.45) is 0 Å². The number of aryl methyl sites for hydroxylation is 1. The summed E-state index contributed by atoms with van der Waals surface area (Å²) in [5, 5.41) is 13.6. The van der Waals surface area contributed by atoms with Crippen molar-refractivity contribution in [1.29, 1.82) is 5.26 Å². The number of nitrogens with one attached hydrogen (secondary N) is 2. The summed E-state index contributed by atoms with van der Waals surface area (Å²) >= 11 is 6.73. The minimum Gasteiger partial charge on any atom is -0.466 e. The average molecular weight is 472 g/mol.